The Kier molecular flexibility index (Phi) is 5.19. The summed E-state index contributed by atoms with van der Waals surface area (Å²) in [5.41, 5.74) is 2.89. The van der Waals surface area contributed by atoms with Gasteiger partial charge in [0, 0.05) is 11.2 Å². The number of nitrogens with zero attached hydrogens (tertiary/aromatic N) is 1. The molecule has 0 saturated carbocycles. The summed E-state index contributed by atoms with van der Waals surface area (Å²) in [4.78, 5) is 4.49. The van der Waals surface area contributed by atoms with E-state index in [1.54, 1.807) is 0 Å². The zero-order chi connectivity index (χ0) is 14.4. The molecule has 2 rings (SSSR count). The summed E-state index contributed by atoms with van der Waals surface area (Å²) in [6, 6.07) is 13.6. The maximum absolute atomic E-state index is 6.08. The monoisotopic (exact) mass is 287 g/mol. The fraction of sp³-hybridized carbons (Fsp3) is 0.235. The number of benzene rings is 2. The summed E-state index contributed by atoms with van der Waals surface area (Å²) in [6.07, 6.45) is 2.83. The van der Waals surface area contributed by atoms with Crippen LogP contribution in [0.1, 0.15) is 24.5 Å². The molecule has 0 heterocycles. The van der Waals surface area contributed by atoms with E-state index in [9.17, 15) is 0 Å². The second-order valence-corrected chi connectivity index (χ2v) is 4.97. The number of ether oxygens (including phenoxy) is 1. The van der Waals surface area contributed by atoms with Crippen LogP contribution >= 0.6 is 11.6 Å². The normalized spacial score (nSPS) is 10.9. The number of halogens is 1. The van der Waals surface area contributed by atoms with Gasteiger partial charge in [-0.1, -0.05) is 36.7 Å². The van der Waals surface area contributed by atoms with Gasteiger partial charge in [0.25, 0.3) is 0 Å². The quantitative estimate of drug-likeness (QED) is 0.694. The molecule has 0 aliphatic rings. The van der Waals surface area contributed by atoms with Crippen LogP contribution in [0.2, 0.25) is 5.02 Å². The van der Waals surface area contributed by atoms with Crippen LogP contribution in [0.5, 0.6) is 5.75 Å². The van der Waals surface area contributed by atoms with Gasteiger partial charge in [-0.15, -0.1) is 0 Å². The van der Waals surface area contributed by atoms with E-state index in [2.05, 4.69) is 11.9 Å². The van der Waals surface area contributed by atoms with E-state index in [1.807, 2.05) is 55.6 Å². The number of aliphatic imine (C=N–C) groups is 1. The number of hydrogen-bond acceptors (Lipinski definition) is 2. The van der Waals surface area contributed by atoms with Crippen LogP contribution in [-0.4, -0.2) is 12.8 Å². The Morgan fingerprint density at radius 1 is 1.20 bits per heavy atom. The van der Waals surface area contributed by atoms with Crippen LogP contribution in [0.25, 0.3) is 0 Å². The molecule has 0 N–H and O–H groups in total. The third kappa shape index (κ3) is 3.84. The van der Waals surface area contributed by atoms with Gasteiger partial charge in [0.15, 0.2) is 0 Å². The Bertz CT molecular complexity index is 608. The first-order valence-electron chi connectivity index (χ1n) is 6.72. The molecule has 0 atom stereocenters. The lowest BCUT2D eigenvalue weighted by atomic mass is 10.2. The summed E-state index contributed by atoms with van der Waals surface area (Å²) in [6.45, 7) is 4.79. The molecule has 2 aromatic carbocycles. The van der Waals surface area contributed by atoms with Crippen molar-refractivity contribution in [3.05, 3.63) is 58.6 Å². The van der Waals surface area contributed by atoms with E-state index >= 15 is 0 Å². The molecule has 104 valence electrons. The SMILES string of the molecule is CCCOc1cccc(C=Nc2cccc(Cl)c2C)c1. The molecular weight excluding hydrogens is 270 g/mol. The Morgan fingerprint density at radius 2 is 2.00 bits per heavy atom. The standard InChI is InChI=1S/C17H18ClNO/c1-3-10-20-15-7-4-6-14(11-15)12-19-17-9-5-8-16(18)13(17)2/h4-9,11-12H,3,10H2,1-2H3. The van der Waals surface area contributed by atoms with Gasteiger partial charge in [0.1, 0.15) is 5.75 Å². The summed E-state index contributed by atoms with van der Waals surface area (Å²) in [5, 5.41) is 0.736. The predicted octanol–water partition coefficient (Wildman–Crippen LogP) is 5.19. The van der Waals surface area contributed by atoms with Crippen LogP contribution in [0, 0.1) is 6.92 Å². The largest absolute Gasteiger partial charge is 0.494 e. The van der Waals surface area contributed by atoms with Crippen molar-refractivity contribution in [2.45, 2.75) is 20.3 Å². The third-order valence-corrected chi connectivity index (χ3v) is 3.33. The molecule has 0 bridgehead atoms. The summed E-state index contributed by atoms with van der Waals surface area (Å²) in [7, 11) is 0. The number of hydrogen-bond donors (Lipinski definition) is 0. The van der Waals surface area contributed by atoms with Crippen molar-refractivity contribution in [2.75, 3.05) is 6.61 Å². The molecule has 2 aromatic rings. The Labute approximate surface area is 125 Å². The minimum atomic E-state index is 0.730. The highest BCUT2D eigenvalue weighted by molar-refractivity contribution is 6.31. The smallest absolute Gasteiger partial charge is 0.119 e. The van der Waals surface area contributed by atoms with E-state index < -0.39 is 0 Å². The van der Waals surface area contributed by atoms with E-state index in [0.29, 0.717) is 0 Å². The van der Waals surface area contributed by atoms with E-state index in [4.69, 9.17) is 16.3 Å². The van der Waals surface area contributed by atoms with E-state index in [1.165, 1.54) is 0 Å². The lowest BCUT2D eigenvalue weighted by Gasteiger charge is -2.05. The predicted molar refractivity (Wildman–Crippen MR) is 85.7 cm³/mol. The molecular formula is C17H18ClNO. The highest BCUT2D eigenvalue weighted by Crippen LogP contribution is 2.25. The number of rotatable bonds is 5. The van der Waals surface area contributed by atoms with Crippen molar-refractivity contribution in [3.63, 3.8) is 0 Å². The summed E-state index contributed by atoms with van der Waals surface area (Å²) in [5.74, 6) is 0.874. The first kappa shape index (κ1) is 14.6. The van der Waals surface area contributed by atoms with Crippen LogP contribution in [0.15, 0.2) is 47.5 Å². The van der Waals surface area contributed by atoms with Crippen molar-refractivity contribution in [2.24, 2.45) is 4.99 Å². The van der Waals surface area contributed by atoms with Crippen molar-refractivity contribution < 1.29 is 4.74 Å². The fourth-order valence-corrected chi connectivity index (χ4v) is 1.95. The molecule has 0 aromatic heterocycles. The zero-order valence-electron chi connectivity index (χ0n) is 11.8. The average molecular weight is 288 g/mol. The molecule has 0 aliphatic carbocycles. The Hall–Kier alpha value is -1.80. The zero-order valence-corrected chi connectivity index (χ0v) is 12.5. The van der Waals surface area contributed by atoms with Gasteiger partial charge in [-0.25, -0.2) is 0 Å². The highest BCUT2D eigenvalue weighted by Gasteiger charge is 2.00. The molecule has 0 spiro atoms. The third-order valence-electron chi connectivity index (χ3n) is 2.92. The summed E-state index contributed by atoms with van der Waals surface area (Å²) >= 11 is 6.08. The lowest BCUT2D eigenvalue weighted by Crippen LogP contribution is -1.95. The van der Waals surface area contributed by atoms with E-state index in [0.717, 1.165) is 40.6 Å². The van der Waals surface area contributed by atoms with Crippen LogP contribution in [-0.2, 0) is 0 Å². The Morgan fingerprint density at radius 3 is 2.80 bits per heavy atom. The molecule has 20 heavy (non-hydrogen) atoms. The maximum Gasteiger partial charge on any atom is 0.119 e. The topological polar surface area (TPSA) is 21.6 Å². The fourth-order valence-electron chi connectivity index (χ4n) is 1.78. The minimum absolute atomic E-state index is 0.730. The highest BCUT2D eigenvalue weighted by atomic mass is 35.5. The van der Waals surface area contributed by atoms with Crippen LogP contribution in [0.3, 0.4) is 0 Å². The van der Waals surface area contributed by atoms with Crippen molar-refractivity contribution in [3.8, 4) is 5.75 Å². The molecule has 0 amide bonds. The maximum atomic E-state index is 6.08. The molecule has 0 unspecified atom stereocenters. The van der Waals surface area contributed by atoms with Crippen LogP contribution in [0.4, 0.5) is 5.69 Å². The molecule has 0 saturated heterocycles. The molecule has 0 fully saturated rings. The van der Waals surface area contributed by atoms with Gasteiger partial charge in [-0.05, 0) is 48.7 Å². The lowest BCUT2D eigenvalue weighted by molar-refractivity contribution is 0.317. The molecule has 0 radical (unpaired) electrons. The molecule has 3 heteroatoms. The summed E-state index contributed by atoms with van der Waals surface area (Å²) < 4.78 is 5.61. The van der Waals surface area contributed by atoms with Gasteiger partial charge < -0.3 is 4.74 Å². The van der Waals surface area contributed by atoms with Gasteiger partial charge in [-0.2, -0.15) is 0 Å². The van der Waals surface area contributed by atoms with Gasteiger partial charge in [0.05, 0.1) is 12.3 Å². The Balaban J connectivity index is 2.16. The average Bonchev–Trinajstić information content (AvgIpc) is 2.47. The second-order valence-electron chi connectivity index (χ2n) is 4.56. The van der Waals surface area contributed by atoms with E-state index in [-0.39, 0.29) is 0 Å². The first-order chi connectivity index (χ1) is 9.70. The second kappa shape index (κ2) is 7.11. The van der Waals surface area contributed by atoms with Gasteiger partial charge >= 0.3 is 0 Å². The molecule has 2 nitrogen and oxygen atoms in total. The van der Waals surface area contributed by atoms with Crippen molar-refractivity contribution in [1.82, 2.24) is 0 Å². The van der Waals surface area contributed by atoms with Crippen molar-refractivity contribution in [1.29, 1.82) is 0 Å². The minimum Gasteiger partial charge on any atom is -0.494 e. The van der Waals surface area contributed by atoms with Gasteiger partial charge in [0.2, 0.25) is 0 Å². The molecule has 0 aliphatic heterocycles. The first-order valence-corrected chi connectivity index (χ1v) is 7.10. The van der Waals surface area contributed by atoms with Crippen molar-refractivity contribution >= 4 is 23.5 Å². The van der Waals surface area contributed by atoms with Gasteiger partial charge in [-0.3, -0.25) is 4.99 Å². The van der Waals surface area contributed by atoms with Crippen LogP contribution < -0.4 is 4.74 Å².